The zero-order valence-electron chi connectivity index (χ0n) is 12.7. The van der Waals surface area contributed by atoms with Gasteiger partial charge in [0.05, 0.1) is 13.0 Å². The van der Waals surface area contributed by atoms with Gasteiger partial charge in [-0.2, -0.15) is 5.10 Å². The second-order valence-electron chi connectivity index (χ2n) is 5.14. The molecule has 0 atom stereocenters. The van der Waals surface area contributed by atoms with Crippen molar-refractivity contribution in [2.45, 2.75) is 51.0 Å². The number of carbonyl (C=O) groups is 2. The van der Waals surface area contributed by atoms with E-state index in [1.54, 1.807) is 0 Å². The molecule has 0 saturated heterocycles. The van der Waals surface area contributed by atoms with E-state index in [9.17, 15) is 9.59 Å². The minimum absolute atomic E-state index is 0.0375. The molecule has 22 heavy (non-hydrogen) atoms. The van der Waals surface area contributed by atoms with Crippen LogP contribution in [-0.2, 0) is 19.1 Å². The number of nitrogens with two attached hydrogens (primary N) is 2. The number of hydrogen-bond donors (Lipinski definition) is 3. The molecule has 0 radical (unpaired) electrons. The molecular formula is C14H24N4O4. The van der Waals surface area contributed by atoms with Gasteiger partial charge in [0, 0.05) is 12.0 Å². The van der Waals surface area contributed by atoms with Crippen molar-refractivity contribution in [3.8, 4) is 0 Å². The van der Waals surface area contributed by atoms with Crippen LogP contribution >= 0.6 is 0 Å². The third kappa shape index (κ3) is 6.57. The number of rotatable bonds is 7. The van der Waals surface area contributed by atoms with E-state index >= 15 is 0 Å². The molecule has 0 aromatic carbocycles. The van der Waals surface area contributed by atoms with Gasteiger partial charge in [0.1, 0.15) is 11.9 Å². The van der Waals surface area contributed by atoms with Crippen LogP contribution < -0.4 is 17.1 Å². The summed E-state index contributed by atoms with van der Waals surface area (Å²) in [6.07, 6.45) is 5.14. The number of hydrazone groups is 1. The van der Waals surface area contributed by atoms with Gasteiger partial charge < -0.3 is 20.7 Å². The van der Waals surface area contributed by atoms with Crippen molar-refractivity contribution >= 4 is 17.8 Å². The molecular weight excluding hydrogens is 288 g/mol. The molecule has 124 valence electrons. The zero-order valence-corrected chi connectivity index (χ0v) is 12.7. The Labute approximate surface area is 129 Å². The molecule has 5 N–H and O–H groups in total. The van der Waals surface area contributed by atoms with E-state index in [1.807, 2.05) is 0 Å². The lowest BCUT2D eigenvalue weighted by Crippen LogP contribution is -2.32. The predicted molar refractivity (Wildman–Crippen MR) is 81.2 cm³/mol. The minimum atomic E-state index is -0.644. The third-order valence-corrected chi connectivity index (χ3v) is 3.39. The lowest BCUT2D eigenvalue weighted by Gasteiger charge is -2.21. The van der Waals surface area contributed by atoms with Crippen molar-refractivity contribution in [3.05, 3.63) is 12.2 Å². The molecule has 0 spiro atoms. The van der Waals surface area contributed by atoms with Crippen LogP contribution in [-0.4, -0.2) is 30.5 Å². The first-order valence-corrected chi connectivity index (χ1v) is 7.34. The van der Waals surface area contributed by atoms with Crippen LogP contribution in [0.15, 0.2) is 17.3 Å². The van der Waals surface area contributed by atoms with Crippen molar-refractivity contribution in [2.24, 2.45) is 16.8 Å². The monoisotopic (exact) mass is 312 g/mol. The van der Waals surface area contributed by atoms with Gasteiger partial charge in [-0.25, -0.2) is 10.6 Å². The highest BCUT2D eigenvalue weighted by atomic mass is 16.5. The summed E-state index contributed by atoms with van der Waals surface area (Å²) < 4.78 is 10.3. The van der Waals surface area contributed by atoms with Crippen molar-refractivity contribution < 1.29 is 19.1 Å². The summed E-state index contributed by atoms with van der Waals surface area (Å²) in [4.78, 5) is 23.4. The number of nitrogens with one attached hydrogen (secondary N) is 1. The highest BCUT2D eigenvalue weighted by molar-refractivity contribution is 5.93. The van der Waals surface area contributed by atoms with E-state index in [4.69, 9.17) is 21.2 Å². The van der Waals surface area contributed by atoms with Crippen LogP contribution in [0.4, 0.5) is 0 Å². The Bertz CT molecular complexity index is 431. The molecule has 1 fully saturated rings. The molecule has 1 aliphatic rings. The lowest BCUT2D eigenvalue weighted by atomic mass is 9.98. The molecule has 1 aliphatic carbocycles. The fourth-order valence-corrected chi connectivity index (χ4v) is 2.17. The van der Waals surface area contributed by atoms with Gasteiger partial charge in [0.15, 0.2) is 0 Å². The smallest absolute Gasteiger partial charge is 0.334 e. The van der Waals surface area contributed by atoms with Crippen LogP contribution in [0, 0.1) is 0 Å². The second kappa shape index (κ2) is 9.78. The Morgan fingerprint density at radius 1 is 1.27 bits per heavy atom. The molecule has 8 nitrogen and oxygen atoms in total. The highest BCUT2D eigenvalue weighted by Crippen LogP contribution is 2.21. The fraction of sp³-hybridized carbons (Fsp3) is 0.643. The largest absolute Gasteiger partial charge is 0.462 e. The molecule has 0 heterocycles. The first-order valence-electron chi connectivity index (χ1n) is 7.34. The van der Waals surface area contributed by atoms with Crippen molar-refractivity contribution in [1.29, 1.82) is 0 Å². The number of esters is 2. The Balaban J connectivity index is 2.25. The lowest BCUT2D eigenvalue weighted by molar-refractivity contribution is -0.151. The zero-order chi connectivity index (χ0) is 16.4. The summed E-state index contributed by atoms with van der Waals surface area (Å²) in [6, 6.07) is 0. The maximum Gasteiger partial charge on any atom is 0.334 e. The first kappa shape index (κ1) is 18.0. The number of hydrogen-bond acceptors (Lipinski definition) is 7. The van der Waals surface area contributed by atoms with Crippen LogP contribution in [0.1, 0.15) is 44.9 Å². The Kier molecular flexibility index (Phi) is 7.98. The van der Waals surface area contributed by atoms with Crippen LogP contribution in [0.25, 0.3) is 0 Å². The Morgan fingerprint density at radius 3 is 2.55 bits per heavy atom. The first-order chi connectivity index (χ1) is 10.6. The van der Waals surface area contributed by atoms with E-state index < -0.39 is 11.9 Å². The van der Waals surface area contributed by atoms with E-state index in [1.165, 1.54) is 6.42 Å². The number of ether oxygens (including phenoxy) is 2. The number of carbonyl (C=O) groups excluding carboxylic acids is 2. The van der Waals surface area contributed by atoms with Crippen molar-refractivity contribution in [3.63, 3.8) is 0 Å². The molecule has 0 aromatic rings. The number of amidine groups is 1. The average molecular weight is 312 g/mol. The standard InChI is InChI=1S/C14H24N4O4/c1-10(14(20)21-8-7-12(17-15)18-16)9-13(19)22-11-5-3-2-4-6-11/h11H,1-9,15-16H2,(H,17,18). The Morgan fingerprint density at radius 2 is 1.95 bits per heavy atom. The maximum absolute atomic E-state index is 11.7. The van der Waals surface area contributed by atoms with E-state index in [-0.39, 0.29) is 31.1 Å². The summed E-state index contributed by atoms with van der Waals surface area (Å²) in [5, 5.41) is 3.35. The quantitative estimate of drug-likeness (QED) is 0.156. The Hall–Kier alpha value is -2.09. The van der Waals surface area contributed by atoms with E-state index in [0.29, 0.717) is 5.84 Å². The molecule has 0 amide bonds. The molecule has 0 unspecified atom stereocenters. The summed E-state index contributed by atoms with van der Waals surface area (Å²) in [5.41, 5.74) is 2.33. The molecule has 1 rings (SSSR count). The summed E-state index contributed by atoms with van der Waals surface area (Å²) in [7, 11) is 0. The maximum atomic E-state index is 11.7. The fourth-order valence-electron chi connectivity index (χ4n) is 2.17. The van der Waals surface area contributed by atoms with Gasteiger partial charge in [-0.05, 0) is 25.7 Å². The molecule has 0 aliphatic heterocycles. The average Bonchev–Trinajstić information content (AvgIpc) is 2.52. The van der Waals surface area contributed by atoms with Gasteiger partial charge in [-0.1, -0.05) is 13.0 Å². The van der Waals surface area contributed by atoms with Gasteiger partial charge in [0.2, 0.25) is 0 Å². The summed E-state index contributed by atoms with van der Waals surface area (Å²) in [5.74, 6) is 9.39. The molecule has 8 heteroatoms. The second-order valence-corrected chi connectivity index (χ2v) is 5.14. The predicted octanol–water partition coefficient (Wildman–Crippen LogP) is 0.477. The SMILES string of the molecule is C=C(CC(=O)OC1CCCCC1)C(=O)OCC/C(=N/N)NN. The van der Waals surface area contributed by atoms with Crippen LogP contribution in [0.5, 0.6) is 0 Å². The van der Waals surface area contributed by atoms with Gasteiger partial charge in [-0.15, -0.1) is 0 Å². The molecule has 0 aromatic heterocycles. The van der Waals surface area contributed by atoms with Gasteiger partial charge in [0.25, 0.3) is 0 Å². The number of hydrazine groups is 1. The topological polar surface area (TPSA) is 129 Å². The van der Waals surface area contributed by atoms with E-state index in [0.717, 1.165) is 25.7 Å². The van der Waals surface area contributed by atoms with Crippen molar-refractivity contribution in [2.75, 3.05) is 6.61 Å². The van der Waals surface area contributed by atoms with Crippen LogP contribution in [0.2, 0.25) is 0 Å². The van der Waals surface area contributed by atoms with Gasteiger partial charge in [-0.3, -0.25) is 4.79 Å². The van der Waals surface area contributed by atoms with Crippen molar-refractivity contribution in [1.82, 2.24) is 5.43 Å². The highest BCUT2D eigenvalue weighted by Gasteiger charge is 2.20. The minimum Gasteiger partial charge on any atom is -0.462 e. The third-order valence-electron chi connectivity index (χ3n) is 3.39. The molecule has 0 bridgehead atoms. The normalized spacial score (nSPS) is 16.0. The molecule has 1 saturated carbocycles. The van der Waals surface area contributed by atoms with E-state index in [2.05, 4.69) is 17.1 Å². The number of nitrogens with zero attached hydrogens (tertiary/aromatic N) is 1. The van der Waals surface area contributed by atoms with Crippen LogP contribution in [0.3, 0.4) is 0 Å². The summed E-state index contributed by atoms with van der Waals surface area (Å²) in [6.45, 7) is 3.59. The van der Waals surface area contributed by atoms with Gasteiger partial charge >= 0.3 is 11.9 Å². The summed E-state index contributed by atoms with van der Waals surface area (Å²) >= 11 is 0.